The van der Waals surface area contributed by atoms with Gasteiger partial charge in [0.1, 0.15) is 12.2 Å². The van der Waals surface area contributed by atoms with Crippen molar-refractivity contribution in [2.75, 3.05) is 0 Å². The third-order valence-corrected chi connectivity index (χ3v) is 8.46. The Kier molecular flexibility index (Phi) is 5.59. The fourth-order valence-electron chi connectivity index (χ4n) is 7.03. The Balaban J connectivity index is 1.47. The second-order valence-corrected chi connectivity index (χ2v) is 9.73. The first kappa shape index (κ1) is 20.0. The Morgan fingerprint density at radius 1 is 0.964 bits per heavy atom. The van der Waals surface area contributed by atoms with E-state index in [1.807, 2.05) is 13.8 Å². The van der Waals surface area contributed by atoms with Crippen molar-refractivity contribution < 1.29 is 19.1 Å². The number of rotatable bonds is 4. The highest BCUT2D eigenvalue weighted by Gasteiger charge is 2.57. The lowest BCUT2D eigenvalue weighted by Gasteiger charge is -2.53. The van der Waals surface area contributed by atoms with Crippen molar-refractivity contribution in [3.8, 4) is 0 Å². The summed E-state index contributed by atoms with van der Waals surface area (Å²) in [6, 6.07) is 0. The third kappa shape index (κ3) is 3.41. The summed E-state index contributed by atoms with van der Waals surface area (Å²) in [5.74, 6) is 2.78. The van der Waals surface area contributed by atoms with Crippen LogP contribution in [-0.2, 0) is 19.1 Å². The van der Waals surface area contributed by atoms with Crippen LogP contribution >= 0.6 is 0 Å². The molecular formula is C24H36O4. The Hall–Kier alpha value is -1.32. The molecule has 0 saturated heterocycles. The van der Waals surface area contributed by atoms with E-state index < -0.39 is 0 Å². The van der Waals surface area contributed by atoms with Gasteiger partial charge in [0.25, 0.3) is 0 Å². The van der Waals surface area contributed by atoms with Gasteiger partial charge in [-0.05, 0) is 81.1 Å². The van der Waals surface area contributed by atoms with Crippen LogP contribution in [0.4, 0.5) is 0 Å². The lowest BCUT2D eigenvalue weighted by atomic mass is 9.52. The van der Waals surface area contributed by atoms with Crippen molar-refractivity contribution in [1.82, 2.24) is 0 Å². The van der Waals surface area contributed by atoms with Crippen molar-refractivity contribution in [3.63, 3.8) is 0 Å². The SMILES string of the molecule is CCC(=O)OC1C=C2CCC3C(CCC4(C)C(OC(=O)CC)CCC34)C2CC1. The van der Waals surface area contributed by atoms with Crippen molar-refractivity contribution in [2.45, 2.75) is 97.2 Å². The molecule has 3 fully saturated rings. The average Bonchev–Trinajstić information content (AvgIpc) is 3.03. The molecule has 7 unspecified atom stereocenters. The van der Waals surface area contributed by atoms with E-state index in [4.69, 9.17) is 9.47 Å². The number of carbonyl (C=O) groups excluding carboxylic acids is 2. The van der Waals surface area contributed by atoms with Crippen molar-refractivity contribution in [1.29, 1.82) is 0 Å². The van der Waals surface area contributed by atoms with E-state index in [0.29, 0.717) is 24.7 Å². The first-order valence-electron chi connectivity index (χ1n) is 11.6. The van der Waals surface area contributed by atoms with Gasteiger partial charge in [0.05, 0.1) is 0 Å². The van der Waals surface area contributed by atoms with E-state index in [1.165, 1.54) is 25.7 Å². The van der Waals surface area contributed by atoms with Gasteiger partial charge >= 0.3 is 11.9 Å². The van der Waals surface area contributed by atoms with Gasteiger partial charge in [-0.3, -0.25) is 9.59 Å². The van der Waals surface area contributed by atoms with E-state index in [-0.39, 0.29) is 29.6 Å². The zero-order valence-electron chi connectivity index (χ0n) is 17.7. The maximum atomic E-state index is 11.9. The smallest absolute Gasteiger partial charge is 0.306 e. The Bertz CT molecular complexity index is 653. The highest BCUT2D eigenvalue weighted by molar-refractivity contribution is 5.69. The minimum atomic E-state index is -0.0824. The molecule has 0 spiro atoms. The van der Waals surface area contributed by atoms with Crippen LogP contribution in [0.3, 0.4) is 0 Å². The second kappa shape index (κ2) is 7.84. The van der Waals surface area contributed by atoms with Gasteiger partial charge in [0.2, 0.25) is 0 Å². The molecule has 0 aromatic carbocycles. The summed E-state index contributed by atoms with van der Waals surface area (Å²) in [6.07, 6.45) is 12.5. The molecule has 0 radical (unpaired) electrons. The van der Waals surface area contributed by atoms with E-state index in [9.17, 15) is 9.59 Å². The fourth-order valence-corrected chi connectivity index (χ4v) is 7.03. The number of allylic oxidation sites excluding steroid dienone is 1. The van der Waals surface area contributed by atoms with Crippen molar-refractivity contribution in [2.24, 2.45) is 29.1 Å². The molecule has 156 valence electrons. The van der Waals surface area contributed by atoms with Crippen molar-refractivity contribution in [3.05, 3.63) is 11.6 Å². The minimum Gasteiger partial charge on any atom is -0.462 e. The number of hydrogen-bond acceptors (Lipinski definition) is 4. The molecule has 28 heavy (non-hydrogen) atoms. The summed E-state index contributed by atoms with van der Waals surface area (Å²) in [6.45, 7) is 6.13. The summed E-state index contributed by atoms with van der Waals surface area (Å²) in [5, 5.41) is 0. The number of carbonyl (C=O) groups is 2. The first-order chi connectivity index (χ1) is 13.5. The van der Waals surface area contributed by atoms with E-state index >= 15 is 0 Å². The lowest BCUT2D eigenvalue weighted by molar-refractivity contribution is -0.158. The molecule has 4 aliphatic rings. The maximum Gasteiger partial charge on any atom is 0.306 e. The fraction of sp³-hybridized carbons (Fsp3) is 0.833. The first-order valence-corrected chi connectivity index (χ1v) is 11.6. The van der Waals surface area contributed by atoms with Gasteiger partial charge in [-0.25, -0.2) is 0 Å². The maximum absolute atomic E-state index is 11.9. The second-order valence-electron chi connectivity index (χ2n) is 9.73. The van der Waals surface area contributed by atoms with Crippen LogP contribution in [-0.4, -0.2) is 24.1 Å². The predicted molar refractivity (Wildman–Crippen MR) is 107 cm³/mol. The molecule has 0 aliphatic heterocycles. The summed E-state index contributed by atoms with van der Waals surface area (Å²) in [7, 11) is 0. The molecule has 4 heteroatoms. The summed E-state index contributed by atoms with van der Waals surface area (Å²) >= 11 is 0. The molecule has 4 nitrogen and oxygen atoms in total. The van der Waals surface area contributed by atoms with Gasteiger partial charge in [-0.1, -0.05) is 26.3 Å². The summed E-state index contributed by atoms with van der Waals surface area (Å²) in [4.78, 5) is 23.6. The molecule has 4 aliphatic carbocycles. The predicted octanol–water partition coefficient (Wildman–Crippen LogP) is 5.20. The van der Waals surface area contributed by atoms with Crippen LogP contribution in [0.2, 0.25) is 0 Å². The Morgan fingerprint density at radius 3 is 2.46 bits per heavy atom. The topological polar surface area (TPSA) is 52.6 Å². The molecule has 4 rings (SSSR count). The van der Waals surface area contributed by atoms with Crippen LogP contribution in [0.25, 0.3) is 0 Å². The average molecular weight is 389 g/mol. The molecular weight excluding hydrogens is 352 g/mol. The molecule has 0 amide bonds. The Morgan fingerprint density at radius 2 is 1.71 bits per heavy atom. The summed E-state index contributed by atoms with van der Waals surface area (Å²) < 4.78 is 11.5. The molecule has 0 aromatic heterocycles. The van der Waals surface area contributed by atoms with Crippen LogP contribution in [0.15, 0.2) is 11.6 Å². The van der Waals surface area contributed by atoms with E-state index in [0.717, 1.165) is 37.5 Å². The lowest BCUT2D eigenvalue weighted by Crippen LogP contribution is -2.48. The molecule has 0 N–H and O–H groups in total. The van der Waals surface area contributed by atoms with Crippen LogP contribution in [0.1, 0.15) is 85.0 Å². The zero-order valence-corrected chi connectivity index (χ0v) is 17.7. The van der Waals surface area contributed by atoms with E-state index in [2.05, 4.69) is 13.0 Å². The number of ether oxygens (including phenoxy) is 2. The minimum absolute atomic E-state index is 0.00609. The van der Waals surface area contributed by atoms with Gasteiger partial charge in [-0.15, -0.1) is 0 Å². The quantitative estimate of drug-likeness (QED) is 0.490. The van der Waals surface area contributed by atoms with Crippen molar-refractivity contribution >= 4 is 11.9 Å². The van der Waals surface area contributed by atoms with Crippen LogP contribution in [0.5, 0.6) is 0 Å². The van der Waals surface area contributed by atoms with Crippen LogP contribution in [0, 0.1) is 29.1 Å². The van der Waals surface area contributed by atoms with Crippen LogP contribution < -0.4 is 0 Å². The molecule has 0 heterocycles. The highest BCUT2D eigenvalue weighted by Crippen LogP contribution is 2.62. The van der Waals surface area contributed by atoms with Gasteiger partial charge < -0.3 is 9.47 Å². The number of hydrogen-bond donors (Lipinski definition) is 0. The third-order valence-electron chi connectivity index (χ3n) is 8.46. The monoisotopic (exact) mass is 388 g/mol. The zero-order chi connectivity index (χ0) is 19.9. The number of esters is 2. The number of fused-ring (bicyclic) bond motifs is 5. The molecule has 0 aromatic rings. The molecule has 0 bridgehead atoms. The molecule has 7 atom stereocenters. The summed E-state index contributed by atoms with van der Waals surface area (Å²) in [5.41, 5.74) is 1.72. The van der Waals surface area contributed by atoms with Gasteiger partial charge in [-0.2, -0.15) is 0 Å². The standard InChI is InChI=1S/C24H36O4/c1-4-22(25)27-16-7-9-17-15(14-16)6-8-19-18(17)12-13-24(3)20(19)10-11-21(24)28-23(26)5-2/h14,16-21H,4-13H2,1-3H3. The largest absolute Gasteiger partial charge is 0.462 e. The van der Waals surface area contributed by atoms with Gasteiger partial charge in [0, 0.05) is 18.3 Å². The highest BCUT2D eigenvalue weighted by atomic mass is 16.5. The van der Waals surface area contributed by atoms with E-state index in [1.54, 1.807) is 5.57 Å². The normalized spacial score (nSPS) is 41.9. The van der Waals surface area contributed by atoms with Gasteiger partial charge in [0.15, 0.2) is 0 Å². The molecule has 3 saturated carbocycles. The Labute approximate surface area is 169 Å².